The molecular formula is C25H28N4OS. The van der Waals surface area contributed by atoms with Gasteiger partial charge in [0.15, 0.2) is 5.11 Å². The lowest BCUT2D eigenvalue weighted by Gasteiger charge is -2.48. The second-order valence-corrected chi connectivity index (χ2v) is 8.92. The maximum absolute atomic E-state index is 6.11. The molecule has 3 aromatic rings. The van der Waals surface area contributed by atoms with Crippen molar-refractivity contribution in [1.29, 1.82) is 0 Å². The summed E-state index contributed by atoms with van der Waals surface area (Å²) in [5, 5.41) is 8.22. The molecule has 3 aliphatic rings. The Hall–Kier alpha value is -2.54. The number of ether oxygens (including phenoxy) is 1. The summed E-state index contributed by atoms with van der Waals surface area (Å²) in [5.41, 5.74) is 4.08. The van der Waals surface area contributed by atoms with Crippen LogP contribution in [0, 0.1) is 5.92 Å². The van der Waals surface area contributed by atoms with E-state index in [1.165, 1.54) is 37.9 Å². The van der Waals surface area contributed by atoms with Crippen LogP contribution in [0.3, 0.4) is 0 Å². The minimum Gasteiger partial charge on any atom is -0.375 e. The minimum absolute atomic E-state index is 0.0400. The highest BCUT2D eigenvalue weighted by Crippen LogP contribution is 2.40. The molecule has 0 aliphatic carbocycles. The molecule has 2 aromatic carbocycles. The number of methoxy groups -OCH3 is 1. The van der Waals surface area contributed by atoms with Crippen LogP contribution in [0.2, 0.25) is 0 Å². The van der Waals surface area contributed by atoms with Crippen LogP contribution in [0.4, 0.5) is 11.4 Å². The van der Waals surface area contributed by atoms with Crippen LogP contribution in [0.25, 0.3) is 10.9 Å². The van der Waals surface area contributed by atoms with Crippen LogP contribution in [0.5, 0.6) is 0 Å². The van der Waals surface area contributed by atoms with Gasteiger partial charge in [0.25, 0.3) is 0 Å². The molecule has 0 spiro atoms. The Balaban J connectivity index is 1.42. The molecule has 160 valence electrons. The SMILES string of the molecule is CO[C@@H](c1ccnc2ccc(NC(=S)Nc3ccccc3)cc12)[C@H]1CC2CCN1CC2. The number of para-hydroxylation sites is 1. The summed E-state index contributed by atoms with van der Waals surface area (Å²) < 4.78 is 6.11. The highest BCUT2D eigenvalue weighted by Gasteiger charge is 2.39. The van der Waals surface area contributed by atoms with Crippen LogP contribution < -0.4 is 10.6 Å². The van der Waals surface area contributed by atoms with Gasteiger partial charge in [0.2, 0.25) is 0 Å². The monoisotopic (exact) mass is 432 g/mol. The van der Waals surface area contributed by atoms with Gasteiger partial charge in [-0.05, 0) is 92.4 Å². The van der Waals surface area contributed by atoms with E-state index in [1.807, 2.05) is 55.8 Å². The maximum atomic E-state index is 6.11. The Labute approximate surface area is 188 Å². The van der Waals surface area contributed by atoms with Crippen molar-refractivity contribution in [2.45, 2.75) is 31.4 Å². The fraction of sp³-hybridized carbons (Fsp3) is 0.360. The fourth-order valence-electron chi connectivity index (χ4n) is 5.13. The van der Waals surface area contributed by atoms with Gasteiger partial charge in [-0.2, -0.15) is 0 Å². The third-order valence-electron chi connectivity index (χ3n) is 6.67. The van der Waals surface area contributed by atoms with Gasteiger partial charge in [-0.1, -0.05) is 18.2 Å². The number of pyridine rings is 1. The van der Waals surface area contributed by atoms with Crippen molar-refractivity contribution in [3.63, 3.8) is 0 Å². The van der Waals surface area contributed by atoms with Crippen molar-refractivity contribution in [1.82, 2.24) is 9.88 Å². The molecule has 3 saturated heterocycles. The molecule has 3 aliphatic heterocycles. The van der Waals surface area contributed by atoms with Crippen LogP contribution in [-0.2, 0) is 4.74 Å². The Bertz CT molecular complexity index is 1070. The summed E-state index contributed by atoms with van der Waals surface area (Å²) in [5.74, 6) is 0.833. The predicted molar refractivity (Wildman–Crippen MR) is 130 cm³/mol. The largest absolute Gasteiger partial charge is 0.375 e. The fourth-order valence-corrected chi connectivity index (χ4v) is 5.36. The van der Waals surface area contributed by atoms with Gasteiger partial charge in [0, 0.05) is 36.1 Å². The molecule has 0 saturated carbocycles. The number of hydrogen-bond donors (Lipinski definition) is 2. The number of thiocarbonyl (C=S) groups is 1. The first-order valence-electron chi connectivity index (χ1n) is 11.0. The topological polar surface area (TPSA) is 49.4 Å². The molecule has 31 heavy (non-hydrogen) atoms. The average molecular weight is 433 g/mol. The summed E-state index contributed by atoms with van der Waals surface area (Å²) in [7, 11) is 1.83. The summed E-state index contributed by atoms with van der Waals surface area (Å²) in [6.07, 6.45) is 5.80. The molecule has 0 unspecified atom stereocenters. The zero-order valence-electron chi connectivity index (χ0n) is 17.8. The number of anilines is 2. The standard InChI is InChI=1S/C25H28N4OS/c1-30-24(23-15-17-10-13-29(23)14-11-17)20-9-12-26-22-8-7-19(16-21(20)22)28-25(31)27-18-5-3-2-4-6-18/h2-9,12,16-17,23-24H,10-11,13-15H2,1H3,(H2,27,28,31)/t23-,24+/m1/s1. The normalized spacial score (nSPS) is 23.5. The van der Waals surface area contributed by atoms with E-state index >= 15 is 0 Å². The highest BCUT2D eigenvalue weighted by molar-refractivity contribution is 7.80. The molecule has 2 bridgehead atoms. The molecule has 4 heterocycles. The Kier molecular flexibility index (Phi) is 5.85. The van der Waals surface area contributed by atoms with Crippen molar-refractivity contribution in [3.05, 3.63) is 66.4 Å². The number of fused-ring (bicyclic) bond motifs is 4. The van der Waals surface area contributed by atoms with Crippen molar-refractivity contribution in [2.75, 3.05) is 30.8 Å². The molecular weight excluding hydrogens is 404 g/mol. The molecule has 0 radical (unpaired) electrons. The summed E-state index contributed by atoms with van der Waals surface area (Å²) in [4.78, 5) is 7.21. The number of rotatable bonds is 5. The third-order valence-corrected chi connectivity index (χ3v) is 6.87. The molecule has 0 amide bonds. The van der Waals surface area contributed by atoms with Gasteiger partial charge in [-0.25, -0.2) is 0 Å². The average Bonchev–Trinajstić information content (AvgIpc) is 2.81. The first-order valence-corrected chi connectivity index (χ1v) is 11.4. The second-order valence-electron chi connectivity index (χ2n) is 8.52. The van der Waals surface area contributed by atoms with Crippen LogP contribution in [-0.4, -0.2) is 41.2 Å². The first kappa shape index (κ1) is 20.4. The van der Waals surface area contributed by atoms with E-state index in [2.05, 4.69) is 32.7 Å². The van der Waals surface area contributed by atoms with E-state index < -0.39 is 0 Å². The zero-order valence-corrected chi connectivity index (χ0v) is 18.6. The zero-order chi connectivity index (χ0) is 21.2. The maximum Gasteiger partial charge on any atom is 0.175 e. The van der Waals surface area contributed by atoms with Crippen molar-refractivity contribution < 1.29 is 4.74 Å². The lowest BCUT2D eigenvalue weighted by Crippen LogP contribution is -2.51. The van der Waals surface area contributed by atoms with Gasteiger partial charge >= 0.3 is 0 Å². The van der Waals surface area contributed by atoms with E-state index in [0.717, 1.165) is 28.2 Å². The minimum atomic E-state index is 0.0400. The van der Waals surface area contributed by atoms with Crippen LogP contribution in [0.1, 0.15) is 30.9 Å². The lowest BCUT2D eigenvalue weighted by atomic mass is 9.79. The number of benzene rings is 2. The van der Waals surface area contributed by atoms with Crippen LogP contribution >= 0.6 is 12.2 Å². The first-order chi connectivity index (χ1) is 15.2. The van der Waals surface area contributed by atoms with Gasteiger partial charge in [-0.3, -0.25) is 9.88 Å². The number of aromatic nitrogens is 1. The van der Waals surface area contributed by atoms with Crippen LogP contribution in [0.15, 0.2) is 60.8 Å². The van der Waals surface area contributed by atoms with Crippen molar-refractivity contribution in [3.8, 4) is 0 Å². The van der Waals surface area contributed by atoms with Crippen molar-refractivity contribution >= 4 is 39.6 Å². The van der Waals surface area contributed by atoms with Gasteiger partial charge in [0.1, 0.15) is 0 Å². The molecule has 2 N–H and O–H groups in total. The number of nitrogens with one attached hydrogen (secondary N) is 2. The quantitative estimate of drug-likeness (QED) is 0.540. The van der Waals surface area contributed by atoms with E-state index in [4.69, 9.17) is 17.0 Å². The second kappa shape index (κ2) is 8.91. The number of hydrogen-bond acceptors (Lipinski definition) is 4. The van der Waals surface area contributed by atoms with Gasteiger partial charge in [-0.15, -0.1) is 0 Å². The van der Waals surface area contributed by atoms with E-state index in [0.29, 0.717) is 11.2 Å². The van der Waals surface area contributed by atoms with E-state index in [1.54, 1.807) is 0 Å². The van der Waals surface area contributed by atoms with E-state index in [9.17, 15) is 0 Å². The smallest absolute Gasteiger partial charge is 0.175 e. The summed E-state index contributed by atoms with van der Waals surface area (Å²) >= 11 is 5.52. The molecule has 3 fully saturated rings. The van der Waals surface area contributed by atoms with E-state index in [-0.39, 0.29) is 6.10 Å². The molecule has 5 nitrogen and oxygen atoms in total. The third kappa shape index (κ3) is 4.28. The molecule has 2 atom stereocenters. The summed E-state index contributed by atoms with van der Waals surface area (Å²) in [6.45, 7) is 2.37. The van der Waals surface area contributed by atoms with Crippen molar-refractivity contribution in [2.24, 2.45) is 5.92 Å². The molecule has 6 heteroatoms. The molecule has 6 rings (SSSR count). The highest BCUT2D eigenvalue weighted by atomic mass is 32.1. The molecule has 1 aromatic heterocycles. The Morgan fingerprint density at radius 1 is 1.06 bits per heavy atom. The van der Waals surface area contributed by atoms with Gasteiger partial charge < -0.3 is 15.4 Å². The Morgan fingerprint density at radius 2 is 1.84 bits per heavy atom. The summed E-state index contributed by atoms with van der Waals surface area (Å²) in [6, 6.07) is 18.7. The number of piperidine rings is 3. The number of nitrogens with zero attached hydrogens (tertiary/aromatic N) is 2. The lowest BCUT2D eigenvalue weighted by molar-refractivity contribution is -0.0451. The van der Waals surface area contributed by atoms with Gasteiger partial charge in [0.05, 0.1) is 11.6 Å². The predicted octanol–water partition coefficient (Wildman–Crippen LogP) is 5.22. The Morgan fingerprint density at radius 3 is 2.55 bits per heavy atom.